The molecule has 4 nitrogen and oxygen atoms in total. The molecule has 0 aliphatic rings. The molecule has 0 aromatic carbocycles. The quantitative estimate of drug-likeness (QED) is 0.738. The summed E-state index contributed by atoms with van der Waals surface area (Å²) in [5.74, 6) is 0.688. The molecular weight excluding hydrogens is 190 g/mol. The van der Waals surface area contributed by atoms with Crippen LogP contribution < -0.4 is 5.32 Å². The predicted molar refractivity (Wildman–Crippen MR) is 60.6 cm³/mol. The fourth-order valence-electron chi connectivity index (χ4n) is 1.31. The Bertz CT molecular complexity index is 271. The summed E-state index contributed by atoms with van der Waals surface area (Å²) in [6.45, 7) is 7.87. The topological polar surface area (TPSA) is 39.1 Å². The Morgan fingerprint density at radius 3 is 3.00 bits per heavy atom. The maximum Gasteiger partial charge on any atom is 0.0658 e. The molecule has 4 heteroatoms. The number of hydrogen-bond donors (Lipinski definition) is 1. The van der Waals surface area contributed by atoms with Crippen molar-refractivity contribution in [3.05, 3.63) is 18.0 Å². The molecule has 0 amide bonds. The van der Waals surface area contributed by atoms with Crippen LogP contribution in [-0.2, 0) is 17.8 Å². The minimum absolute atomic E-state index is 0.688. The SMILES string of the molecule is COCCn1cc(CNCC(C)C)cn1. The molecule has 0 saturated heterocycles. The summed E-state index contributed by atoms with van der Waals surface area (Å²) >= 11 is 0. The molecule has 1 aromatic heterocycles. The lowest BCUT2D eigenvalue weighted by Gasteiger charge is -2.05. The first kappa shape index (κ1) is 12.2. The minimum Gasteiger partial charge on any atom is -0.383 e. The first-order valence-corrected chi connectivity index (χ1v) is 5.43. The van der Waals surface area contributed by atoms with E-state index >= 15 is 0 Å². The number of methoxy groups -OCH3 is 1. The number of rotatable bonds is 7. The molecule has 1 heterocycles. The second-order valence-corrected chi connectivity index (χ2v) is 4.13. The van der Waals surface area contributed by atoms with Gasteiger partial charge in [-0.2, -0.15) is 5.10 Å². The molecule has 15 heavy (non-hydrogen) atoms. The summed E-state index contributed by atoms with van der Waals surface area (Å²) in [5, 5.41) is 7.63. The molecule has 0 aliphatic heterocycles. The zero-order valence-electron chi connectivity index (χ0n) is 9.86. The van der Waals surface area contributed by atoms with Gasteiger partial charge in [-0.05, 0) is 12.5 Å². The average Bonchev–Trinajstić information content (AvgIpc) is 2.62. The number of ether oxygens (including phenoxy) is 1. The second kappa shape index (κ2) is 6.58. The van der Waals surface area contributed by atoms with E-state index < -0.39 is 0 Å². The predicted octanol–water partition coefficient (Wildman–Crippen LogP) is 1.28. The monoisotopic (exact) mass is 211 g/mol. The molecule has 0 atom stereocenters. The first-order chi connectivity index (χ1) is 7.22. The summed E-state index contributed by atoms with van der Waals surface area (Å²) in [6, 6.07) is 0. The van der Waals surface area contributed by atoms with Crippen molar-refractivity contribution in [2.24, 2.45) is 5.92 Å². The van der Waals surface area contributed by atoms with E-state index in [1.54, 1.807) is 7.11 Å². The third-order valence-corrected chi connectivity index (χ3v) is 2.09. The van der Waals surface area contributed by atoms with Crippen LogP contribution in [0.3, 0.4) is 0 Å². The highest BCUT2D eigenvalue weighted by atomic mass is 16.5. The Balaban J connectivity index is 2.26. The van der Waals surface area contributed by atoms with Crippen LogP contribution >= 0.6 is 0 Å². The summed E-state index contributed by atoms with van der Waals surface area (Å²) in [4.78, 5) is 0. The lowest BCUT2D eigenvalue weighted by Crippen LogP contribution is -2.18. The number of hydrogen-bond acceptors (Lipinski definition) is 3. The standard InChI is InChI=1S/C11H21N3O/c1-10(2)6-12-7-11-8-13-14(9-11)4-5-15-3/h8-10,12H,4-7H2,1-3H3. The van der Waals surface area contributed by atoms with Gasteiger partial charge in [-0.3, -0.25) is 4.68 Å². The van der Waals surface area contributed by atoms with Crippen molar-refractivity contribution in [3.8, 4) is 0 Å². The van der Waals surface area contributed by atoms with Crippen molar-refractivity contribution in [3.63, 3.8) is 0 Å². The molecule has 0 spiro atoms. The van der Waals surface area contributed by atoms with Gasteiger partial charge in [-0.1, -0.05) is 13.8 Å². The third-order valence-electron chi connectivity index (χ3n) is 2.09. The maximum atomic E-state index is 4.99. The third kappa shape index (κ3) is 4.95. The smallest absolute Gasteiger partial charge is 0.0658 e. The van der Waals surface area contributed by atoms with Crippen LogP contribution in [0.25, 0.3) is 0 Å². The largest absolute Gasteiger partial charge is 0.383 e. The van der Waals surface area contributed by atoms with Gasteiger partial charge in [0.1, 0.15) is 0 Å². The van der Waals surface area contributed by atoms with Crippen LogP contribution in [0.4, 0.5) is 0 Å². The summed E-state index contributed by atoms with van der Waals surface area (Å²) < 4.78 is 6.90. The Kier molecular flexibility index (Phi) is 5.36. The lowest BCUT2D eigenvalue weighted by atomic mass is 10.2. The van der Waals surface area contributed by atoms with E-state index in [0.717, 1.165) is 19.6 Å². The Labute approximate surface area is 91.6 Å². The molecule has 0 unspecified atom stereocenters. The molecule has 0 aliphatic carbocycles. The van der Waals surface area contributed by atoms with Gasteiger partial charge in [0.15, 0.2) is 0 Å². The van der Waals surface area contributed by atoms with Gasteiger partial charge in [0.05, 0.1) is 19.3 Å². The van der Waals surface area contributed by atoms with Crippen molar-refractivity contribution in [1.82, 2.24) is 15.1 Å². The fraction of sp³-hybridized carbons (Fsp3) is 0.727. The van der Waals surface area contributed by atoms with Crippen molar-refractivity contribution in [1.29, 1.82) is 0 Å². The van der Waals surface area contributed by atoms with Crippen LogP contribution in [0.5, 0.6) is 0 Å². The van der Waals surface area contributed by atoms with Crippen molar-refractivity contribution in [2.75, 3.05) is 20.3 Å². The highest BCUT2D eigenvalue weighted by Crippen LogP contribution is 1.98. The highest BCUT2D eigenvalue weighted by Gasteiger charge is 1.98. The van der Waals surface area contributed by atoms with Gasteiger partial charge in [0.2, 0.25) is 0 Å². The van der Waals surface area contributed by atoms with Crippen LogP contribution in [0, 0.1) is 5.92 Å². The van der Waals surface area contributed by atoms with E-state index in [-0.39, 0.29) is 0 Å². The molecule has 0 radical (unpaired) electrons. The molecule has 86 valence electrons. The number of nitrogens with zero attached hydrogens (tertiary/aromatic N) is 2. The van der Waals surface area contributed by atoms with Crippen LogP contribution in [0.1, 0.15) is 19.4 Å². The zero-order valence-corrected chi connectivity index (χ0v) is 9.86. The minimum atomic E-state index is 0.688. The van der Waals surface area contributed by atoms with Crippen LogP contribution in [0.15, 0.2) is 12.4 Å². The van der Waals surface area contributed by atoms with E-state index in [2.05, 4.69) is 30.5 Å². The van der Waals surface area contributed by atoms with E-state index in [1.807, 2.05) is 10.9 Å². The van der Waals surface area contributed by atoms with Gasteiger partial charge in [-0.15, -0.1) is 0 Å². The Morgan fingerprint density at radius 1 is 1.53 bits per heavy atom. The molecule has 0 bridgehead atoms. The second-order valence-electron chi connectivity index (χ2n) is 4.13. The maximum absolute atomic E-state index is 4.99. The van der Waals surface area contributed by atoms with E-state index in [0.29, 0.717) is 12.5 Å². The van der Waals surface area contributed by atoms with Gasteiger partial charge < -0.3 is 10.1 Å². The number of aromatic nitrogens is 2. The summed E-state index contributed by atoms with van der Waals surface area (Å²) in [6.07, 6.45) is 3.97. The molecule has 0 saturated carbocycles. The lowest BCUT2D eigenvalue weighted by molar-refractivity contribution is 0.183. The molecular formula is C11H21N3O. The van der Waals surface area contributed by atoms with Crippen molar-refractivity contribution in [2.45, 2.75) is 26.9 Å². The normalized spacial score (nSPS) is 11.2. The fourth-order valence-corrected chi connectivity index (χ4v) is 1.31. The Morgan fingerprint density at radius 2 is 2.33 bits per heavy atom. The average molecular weight is 211 g/mol. The first-order valence-electron chi connectivity index (χ1n) is 5.43. The van der Waals surface area contributed by atoms with Gasteiger partial charge in [0, 0.05) is 25.4 Å². The van der Waals surface area contributed by atoms with Crippen molar-refractivity contribution >= 4 is 0 Å². The number of nitrogens with one attached hydrogen (secondary N) is 1. The van der Waals surface area contributed by atoms with E-state index in [9.17, 15) is 0 Å². The Hall–Kier alpha value is -0.870. The van der Waals surface area contributed by atoms with Gasteiger partial charge >= 0.3 is 0 Å². The molecule has 1 aromatic rings. The van der Waals surface area contributed by atoms with E-state index in [1.165, 1.54) is 5.56 Å². The van der Waals surface area contributed by atoms with Crippen LogP contribution in [0.2, 0.25) is 0 Å². The highest BCUT2D eigenvalue weighted by molar-refractivity contribution is 5.03. The molecule has 1 N–H and O–H groups in total. The molecule has 1 rings (SSSR count). The van der Waals surface area contributed by atoms with Crippen LogP contribution in [-0.4, -0.2) is 30.0 Å². The summed E-state index contributed by atoms with van der Waals surface area (Å²) in [7, 11) is 1.70. The van der Waals surface area contributed by atoms with Gasteiger partial charge in [-0.25, -0.2) is 0 Å². The zero-order chi connectivity index (χ0) is 11.1. The summed E-state index contributed by atoms with van der Waals surface area (Å²) in [5.41, 5.74) is 1.23. The molecule has 0 fully saturated rings. The van der Waals surface area contributed by atoms with Gasteiger partial charge in [0.25, 0.3) is 0 Å². The van der Waals surface area contributed by atoms with E-state index in [4.69, 9.17) is 4.74 Å². The van der Waals surface area contributed by atoms with Crippen molar-refractivity contribution < 1.29 is 4.74 Å².